The van der Waals surface area contributed by atoms with Gasteiger partial charge >= 0.3 is 5.97 Å². The highest BCUT2D eigenvalue weighted by Gasteiger charge is 2.08. The van der Waals surface area contributed by atoms with E-state index in [4.69, 9.17) is 10.8 Å². The van der Waals surface area contributed by atoms with E-state index >= 15 is 0 Å². The Hall–Kier alpha value is -1.13. The third kappa shape index (κ3) is 4.76. The van der Waals surface area contributed by atoms with Crippen LogP contribution < -0.4 is 5.73 Å². The van der Waals surface area contributed by atoms with Crippen LogP contribution in [0.5, 0.6) is 0 Å². The monoisotopic (exact) mass is 233 g/mol. The first-order valence-electron chi connectivity index (χ1n) is 4.32. The van der Waals surface area contributed by atoms with E-state index in [1.54, 1.807) is 12.1 Å². The van der Waals surface area contributed by atoms with Crippen LogP contribution in [0.3, 0.4) is 0 Å². The van der Waals surface area contributed by atoms with Crippen LogP contribution in [0.4, 0.5) is 4.39 Å². The number of carbonyl (C=O) groups is 1. The molecule has 0 bridgehead atoms. The maximum atomic E-state index is 12.8. The molecule has 1 atom stereocenters. The fourth-order valence-corrected chi connectivity index (χ4v) is 1.18. The van der Waals surface area contributed by atoms with Crippen LogP contribution in [0.15, 0.2) is 24.3 Å². The van der Waals surface area contributed by atoms with Crippen molar-refractivity contribution < 1.29 is 14.3 Å². The summed E-state index contributed by atoms with van der Waals surface area (Å²) in [6.07, 6.45) is 0.316. The van der Waals surface area contributed by atoms with Gasteiger partial charge in [-0.15, -0.1) is 12.4 Å². The fourth-order valence-electron chi connectivity index (χ4n) is 1.18. The summed E-state index contributed by atoms with van der Waals surface area (Å²) >= 11 is 0. The lowest BCUT2D eigenvalue weighted by Gasteiger charge is -2.10. The lowest BCUT2D eigenvalue weighted by Crippen LogP contribution is -2.12. The summed E-state index contributed by atoms with van der Waals surface area (Å²) in [5, 5.41) is 8.43. The highest BCUT2D eigenvalue weighted by atomic mass is 35.5. The van der Waals surface area contributed by atoms with Crippen LogP contribution in [0.25, 0.3) is 0 Å². The molecule has 3 N–H and O–H groups in total. The summed E-state index contributed by atoms with van der Waals surface area (Å²) in [5.41, 5.74) is 6.31. The van der Waals surface area contributed by atoms with Crippen molar-refractivity contribution in [2.75, 3.05) is 0 Å². The minimum absolute atomic E-state index is 0. The lowest BCUT2D eigenvalue weighted by atomic mass is 10.0. The van der Waals surface area contributed by atoms with Crippen molar-refractivity contribution >= 4 is 18.4 Å². The Morgan fingerprint density at radius 3 is 2.73 bits per heavy atom. The topological polar surface area (TPSA) is 63.3 Å². The van der Waals surface area contributed by atoms with Crippen LogP contribution >= 0.6 is 12.4 Å². The highest BCUT2D eigenvalue weighted by Crippen LogP contribution is 2.16. The Morgan fingerprint density at radius 1 is 1.53 bits per heavy atom. The third-order valence-electron chi connectivity index (χ3n) is 1.95. The van der Waals surface area contributed by atoms with Gasteiger partial charge in [-0.1, -0.05) is 12.1 Å². The van der Waals surface area contributed by atoms with Gasteiger partial charge < -0.3 is 10.8 Å². The van der Waals surface area contributed by atoms with Crippen molar-refractivity contribution in [1.29, 1.82) is 0 Å². The van der Waals surface area contributed by atoms with Crippen molar-refractivity contribution in [1.82, 2.24) is 0 Å². The second-order valence-electron chi connectivity index (χ2n) is 3.09. The van der Waals surface area contributed by atoms with Gasteiger partial charge in [0, 0.05) is 12.5 Å². The number of hydrogen-bond acceptors (Lipinski definition) is 2. The molecule has 0 spiro atoms. The maximum absolute atomic E-state index is 12.8. The molecule has 0 saturated heterocycles. The smallest absolute Gasteiger partial charge is 0.303 e. The zero-order valence-corrected chi connectivity index (χ0v) is 8.84. The van der Waals surface area contributed by atoms with Gasteiger partial charge in [-0.3, -0.25) is 4.79 Å². The molecule has 84 valence electrons. The number of halogens is 2. The van der Waals surface area contributed by atoms with Crippen molar-refractivity contribution in [3.63, 3.8) is 0 Å². The molecule has 0 aliphatic carbocycles. The first-order chi connectivity index (χ1) is 6.59. The number of rotatable bonds is 4. The number of nitrogens with two attached hydrogens (primary N) is 1. The van der Waals surface area contributed by atoms with Crippen molar-refractivity contribution in [2.45, 2.75) is 18.9 Å². The average Bonchev–Trinajstić information content (AvgIpc) is 2.14. The largest absolute Gasteiger partial charge is 0.481 e. The molecular formula is C10H13ClFNO2. The van der Waals surface area contributed by atoms with Gasteiger partial charge in [-0.05, 0) is 24.1 Å². The van der Waals surface area contributed by atoms with E-state index in [-0.39, 0.29) is 24.6 Å². The van der Waals surface area contributed by atoms with E-state index in [0.29, 0.717) is 12.0 Å². The third-order valence-corrected chi connectivity index (χ3v) is 1.95. The van der Waals surface area contributed by atoms with Crippen LogP contribution in [0.2, 0.25) is 0 Å². The van der Waals surface area contributed by atoms with E-state index in [0.717, 1.165) is 0 Å². The molecule has 1 unspecified atom stereocenters. The number of aliphatic carboxylic acids is 1. The van der Waals surface area contributed by atoms with Gasteiger partial charge in [0.05, 0.1) is 0 Å². The summed E-state index contributed by atoms with van der Waals surface area (Å²) in [7, 11) is 0. The van der Waals surface area contributed by atoms with Crippen molar-refractivity contribution in [3.05, 3.63) is 35.6 Å². The molecule has 3 nitrogen and oxygen atoms in total. The molecule has 0 radical (unpaired) electrons. The Morgan fingerprint density at radius 2 is 2.20 bits per heavy atom. The zero-order chi connectivity index (χ0) is 10.6. The molecule has 0 saturated carbocycles. The SMILES string of the molecule is Cl.NC(CCC(=O)O)c1cccc(F)c1. The molecule has 5 heteroatoms. The maximum Gasteiger partial charge on any atom is 0.303 e. The minimum Gasteiger partial charge on any atom is -0.481 e. The van der Waals surface area contributed by atoms with E-state index in [1.807, 2.05) is 0 Å². The molecular weight excluding hydrogens is 221 g/mol. The molecule has 1 aromatic rings. The van der Waals surface area contributed by atoms with Gasteiger partial charge in [-0.25, -0.2) is 4.39 Å². The minimum atomic E-state index is -0.892. The molecule has 0 aliphatic heterocycles. The van der Waals surface area contributed by atoms with Gasteiger partial charge in [0.25, 0.3) is 0 Å². The standard InChI is InChI=1S/C10H12FNO2.ClH/c11-8-3-1-2-7(6-8)9(12)4-5-10(13)14;/h1-3,6,9H,4-5,12H2,(H,13,14);1H. The first kappa shape index (κ1) is 13.9. The molecule has 15 heavy (non-hydrogen) atoms. The van der Waals surface area contributed by atoms with Crippen molar-refractivity contribution in [3.8, 4) is 0 Å². The Labute approximate surface area is 93.5 Å². The second-order valence-corrected chi connectivity index (χ2v) is 3.09. The van der Waals surface area contributed by atoms with E-state index < -0.39 is 12.0 Å². The normalized spacial score (nSPS) is 11.6. The molecule has 1 rings (SSSR count). The Kier molecular flexibility index (Phi) is 5.89. The van der Waals surface area contributed by atoms with Crippen LogP contribution in [-0.2, 0) is 4.79 Å². The van der Waals surface area contributed by atoms with Crippen LogP contribution in [-0.4, -0.2) is 11.1 Å². The first-order valence-corrected chi connectivity index (χ1v) is 4.32. The van der Waals surface area contributed by atoms with E-state index in [1.165, 1.54) is 12.1 Å². The molecule has 0 fully saturated rings. The van der Waals surface area contributed by atoms with E-state index in [9.17, 15) is 9.18 Å². The van der Waals surface area contributed by atoms with Crippen molar-refractivity contribution in [2.24, 2.45) is 5.73 Å². The molecule has 0 aliphatic rings. The predicted octanol–water partition coefficient (Wildman–Crippen LogP) is 2.11. The summed E-state index contributed by atoms with van der Waals surface area (Å²) in [5.74, 6) is -1.25. The average molecular weight is 234 g/mol. The molecule has 0 aromatic heterocycles. The summed E-state index contributed by atoms with van der Waals surface area (Å²) < 4.78 is 12.8. The fraction of sp³-hybridized carbons (Fsp3) is 0.300. The number of benzene rings is 1. The quantitative estimate of drug-likeness (QED) is 0.837. The molecule has 0 heterocycles. The highest BCUT2D eigenvalue weighted by molar-refractivity contribution is 5.85. The number of hydrogen-bond donors (Lipinski definition) is 2. The Bertz CT molecular complexity index is 333. The number of carboxylic acid groups (broad SMARTS) is 1. The van der Waals surface area contributed by atoms with Crippen LogP contribution in [0.1, 0.15) is 24.4 Å². The van der Waals surface area contributed by atoms with Gasteiger partial charge in [0.15, 0.2) is 0 Å². The summed E-state index contributed by atoms with van der Waals surface area (Å²) in [4.78, 5) is 10.3. The Balaban J connectivity index is 0.00000196. The summed E-state index contributed by atoms with van der Waals surface area (Å²) in [6.45, 7) is 0. The predicted molar refractivity (Wildman–Crippen MR) is 57.4 cm³/mol. The van der Waals surface area contributed by atoms with Gasteiger partial charge in [0.2, 0.25) is 0 Å². The summed E-state index contributed by atoms with van der Waals surface area (Å²) in [6, 6.07) is 5.49. The number of carboxylic acids is 1. The van der Waals surface area contributed by atoms with Gasteiger partial charge in [0.1, 0.15) is 5.82 Å². The van der Waals surface area contributed by atoms with E-state index in [2.05, 4.69) is 0 Å². The molecule has 0 amide bonds. The van der Waals surface area contributed by atoms with Gasteiger partial charge in [-0.2, -0.15) is 0 Å². The molecule has 1 aromatic carbocycles. The second kappa shape index (κ2) is 6.37. The van der Waals surface area contributed by atoms with Crippen LogP contribution in [0, 0.1) is 5.82 Å². The lowest BCUT2D eigenvalue weighted by molar-refractivity contribution is -0.137. The zero-order valence-electron chi connectivity index (χ0n) is 8.02.